The number of aliphatic hydroxyl groups is 1. The second-order valence-corrected chi connectivity index (χ2v) is 6.68. The second kappa shape index (κ2) is 7.88. The molecule has 2 aliphatic heterocycles. The molecule has 3 heterocycles. The predicted molar refractivity (Wildman–Crippen MR) is 90.8 cm³/mol. The lowest BCUT2D eigenvalue weighted by Gasteiger charge is -2.40. The van der Waals surface area contributed by atoms with Crippen LogP contribution in [0.2, 0.25) is 0 Å². The molecule has 2 fully saturated rings. The van der Waals surface area contributed by atoms with Crippen LogP contribution >= 0.6 is 0 Å². The van der Waals surface area contributed by atoms with Crippen LogP contribution in [0.15, 0.2) is 18.5 Å². The lowest BCUT2D eigenvalue weighted by Crippen LogP contribution is -2.54. The van der Waals surface area contributed by atoms with E-state index in [9.17, 15) is 14.7 Å². The van der Waals surface area contributed by atoms with Gasteiger partial charge in [0.05, 0.1) is 24.1 Å². The molecule has 0 radical (unpaired) electrons. The zero-order valence-electron chi connectivity index (χ0n) is 14.5. The van der Waals surface area contributed by atoms with Gasteiger partial charge in [-0.3, -0.25) is 14.5 Å². The number of rotatable bonds is 2. The third kappa shape index (κ3) is 4.13. The van der Waals surface area contributed by atoms with E-state index in [1.54, 1.807) is 17.9 Å². The van der Waals surface area contributed by atoms with Crippen LogP contribution in [-0.4, -0.2) is 93.2 Å². The minimum atomic E-state index is -0.461. The van der Waals surface area contributed by atoms with Gasteiger partial charge in [-0.2, -0.15) is 10.2 Å². The molecule has 1 N–H and O–H groups in total. The molecule has 1 aromatic rings. The summed E-state index contributed by atoms with van der Waals surface area (Å²) in [5.74, 6) is 0.0351. The molecule has 2 saturated heterocycles. The molecular weight excluding hydrogens is 322 g/mol. The van der Waals surface area contributed by atoms with Crippen molar-refractivity contribution in [2.45, 2.75) is 31.9 Å². The zero-order chi connectivity index (χ0) is 17.8. The Labute approximate surface area is 147 Å². The van der Waals surface area contributed by atoms with Crippen LogP contribution in [0.1, 0.15) is 30.1 Å². The number of carbonyl (C=O) groups is 2. The molecule has 1 aromatic heterocycles. The standard InChI is InChI=1S/C17H25N5O3/c1-13(23)20-8-10-21(11-9-20)15-3-6-22(7-4-16(15)24)17(25)14-2-5-18-19-12-14/h2,5,12,15-16,24H,3-4,6-11H2,1H3/t15-,16-/m0/s1. The number of hydrogen-bond acceptors (Lipinski definition) is 6. The first-order chi connectivity index (χ1) is 12.1. The average Bonchev–Trinajstić information content (AvgIpc) is 2.84. The molecule has 136 valence electrons. The summed E-state index contributed by atoms with van der Waals surface area (Å²) >= 11 is 0. The number of aliphatic hydroxyl groups excluding tert-OH is 1. The summed E-state index contributed by atoms with van der Waals surface area (Å²) in [7, 11) is 0. The van der Waals surface area contributed by atoms with E-state index in [0.29, 0.717) is 38.2 Å². The fourth-order valence-electron chi connectivity index (χ4n) is 3.67. The van der Waals surface area contributed by atoms with Crippen molar-refractivity contribution in [1.29, 1.82) is 0 Å². The SMILES string of the molecule is CC(=O)N1CCN([C@H]2CCN(C(=O)c3ccnnc3)CC[C@@H]2O)CC1. The third-order valence-electron chi connectivity index (χ3n) is 5.18. The lowest BCUT2D eigenvalue weighted by atomic mass is 10.0. The largest absolute Gasteiger partial charge is 0.391 e. The quantitative estimate of drug-likeness (QED) is 0.783. The van der Waals surface area contributed by atoms with Gasteiger partial charge in [0.15, 0.2) is 0 Å². The smallest absolute Gasteiger partial charge is 0.255 e. The Hall–Kier alpha value is -2.06. The first kappa shape index (κ1) is 17.8. The molecule has 8 heteroatoms. The number of amides is 2. The molecule has 0 aromatic carbocycles. The van der Waals surface area contributed by atoms with Gasteiger partial charge < -0.3 is 14.9 Å². The molecule has 0 aliphatic carbocycles. The van der Waals surface area contributed by atoms with Crippen LogP contribution in [0.25, 0.3) is 0 Å². The van der Waals surface area contributed by atoms with Gasteiger partial charge in [-0.15, -0.1) is 0 Å². The highest BCUT2D eigenvalue weighted by Crippen LogP contribution is 2.20. The molecule has 0 spiro atoms. The normalized spacial score (nSPS) is 25.5. The number of piperazine rings is 1. The molecule has 2 aliphatic rings. The van der Waals surface area contributed by atoms with E-state index in [4.69, 9.17) is 0 Å². The van der Waals surface area contributed by atoms with E-state index >= 15 is 0 Å². The molecule has 2 atom stereocenters. The Bertz CT molecular complexity index is 604. The third-order valence-corrected chi connectivity index (χ3v) is 5.18. The highest BCUT2D eigenvalue weighted by Gasteiger charge is 2.33. The van der Waals surface area contributed by atoms with Gasteiger partial charge in [0, 0.05) is 52.2 Å². The van der Waals surface area contributed by atoms with Crippen molar-refractivity contribution in [2.75, 3.05) is 39.3 Å². The fourth-order valence-corrected chi connectivity index (χ4v) is 3.67. The summed E-state index contributed by atoms with van der Waals surface area (Å²) in [6.45, 7) is 5.66. The van der Waals surface area contributed by atoms with Crippen molar-refractivity contribution in [3.05, 3.63) is 24.0 Å². The van der Waals surface area contributed by atoms with Crippen molar-refractivity contribution >= 4 is 11.8 Å². The van der Waals surface area contributed by atoms with Crippen LogP contribution in [0.3, 0.4) is 0 Å². The van der Waals surface area contributed by atoms with Crippen LogP contribution < -0.4 is 0 Å². The summed E-state index contributed by atoms with van der Waals surface area (Å²) in [5.41, 5.74) is 0.526. The molecule has 3 rings (SSSR count). The van der Waals surface area contributed by atoms with E-state index in [1.165, 1.54) is 12.4 Å². The van der Waals surface area contributed by atoms with E-state index < -0.39 is 6.10 Å². The Balaban J connectivity index is 1.60. The highest BCUT2D eigenvalue weighted by molar-refractivity contribution is 5.93. The van der Waals surface area contributed by atoms with Crippen LogP contribution in [0.4, 0.5) is 0 Å². The van der Waals surface area contributed by atoms with Crippen LogP contribution in [0, 0.1) is 0 Å². The molecule has 0 bridgehead atoms. The maximum atomic E-state index is 12.6. The maximum absolute atomic E-state index is 12.6. The van der Waals surface area contributed by atoms with Gasteiger partial charge in [0.2, 0.25) is 5.91 Å². The minimum absolute atomic E-state index is 0.0301. The predicted octanol–water partition coefficient (Wildman–Crippen LogP) is -0.394. The highest BCUT2D eigenvalue weighted by atomic mass is 16.3. The Morgan fingerprint density at radius 3 is 2.40 bits per heavy atom. The van der Waals surface area contributed by atoms with Crippen molar-refractivity contribution in [3.63, 3.8) is 0 Å². The minimum Gasteiger partial charge on any atom is -0.391 e. The van der Waals surface area contributed by atoms with Crippen molar-refractivity contribution in [3.8, 4) is 0 Å². The summed E-state index contributed by atoms with van der Waals surface area (Å²) in [5, 5.41) is 18.0. The summed E-state index contributed by atoms with van der Waals surface area (Å²) in [4.78, 5) is 29.9. The van der Waals surface area contributed by atoms with Crippen LogP contribution in [0.5, 0.6) is 0 Å². The number of carbonyl (C=O) groups excluding carboxylic acids is 2. The zero-order valence-corrected chi connectivity index (χ0v) is 14.5. The first-order valence-corrected chi connectivity index (χ1v) is 8.80. The van der Waals surface area contributed by atoms with Crippen LogP contribution in [-0.2, 0) is 4.79 Å². The monoisotopic (exact) mass is 347 g/mol. The average molecular weight is 347 g/mol. The van der Waals surface area contributed by atoms with E-state index in [1.807, 2.05) is 4.90 Å². The van der Waals surface area contributed by atoms with Gasteiger partial charge in [0.25, 0.3) is 5.91 Å². The number of likely N-dealkylation sites (tertiary alicyclic amines) is 1. The lowest BCUT2D eigenvalue weighted by molar-refractivity contribution is -0.131. The first-order valence-electron chi connectivity index (χ1n) is 8.80. The van der Waals surface area contributed by atoms with E-state index in [0.717, 1.165) is 19.5 Å². The fraction of sp³-hybridized carbons (Fsp3) is 0.647. The Morgan fingerprint density at radius 1 is 1.04 bits per heavy atom. The van der Waals surface area contributed by atoms with E-state index in [-0.39, 0.29) is 17.9 Å². The number of nitrogens with zero attached hydrogens (tertiary/aromatic N) is 5. The number of hydrogen-bond donors (Lipinski definition) is 1. The van der Waals surface area contributed by atoms with Crippen molar-refractivity contribution in [2.24, 2.45) is 0 Å². The van der Waals surface area contributed by atoms with Gasteiger partial charge in [-0.25, -0.2) is 0 Å². The summed E-state index contributed by atoms with van der Waals surface area (Å²) in [6.07, 6.45) is 3.81. The molecule has 0 saturated carbocycles. The van der Waals surface area contributed by atoms with Crippen molar-refractivity contribution in [1.82, 2.24) is 24.9 Å². The van der Waals surface area contributed by atoms with Gasteiger partial charge in [0.1, 0.15) is 0 Å². The second-order valence-electron chi connectivity index (χ2n) is 6.68. The Morgan fingerprint density at radius 2 is 1.76 bits per heavy atom. The van der Waals surface area contributed by atoms with Gasteiger partial charge >= 0.3 is 0 Å². The topological polar surface area (TPSA) is 89.9 Å². The van der Waals surface area contributed by atoms with E-state index in [2.05, 4.69) is 15.1 Å². The molecule has 25 heavy (non-hydrogen) atoms. The van der Waals surface area contributed by atoms with Crippen molar-refractivity contribution < 1.29 is 14.7 Å². The van der Waals surface area contributed by atoms with Gasteiger partial charge in [-0.05, 0) is 18.9 Å². The van der Waals surface area contributed by atoms with Gasteiger partial charge in [-0.1, -0.05) is 0 Å². The summed E-state index contributed by atoms with van der Waals surface area (Å²) in [6, 6.07) is 1.69. The Kier molecular flexibility index (Phi) is 5.60. The molecule has 0 unspecified atom stereocenters. The number of aromatic nitrogens is 2. The molecule has 8 nitrogen and oxygen atoms in total. The maximum Gasteiger partial charge on any atom is 0.255 e. The molecule has 2 amide bonds. The summed E-state index contributed by atoms with van der Waals surface area (Å²) < 4.78 is 0. The molecular formula is C17H25N5O3.